The summed E-state index contributed by atoms with van der Waals surface area (Å²) < 4.78 is 31.0. The number of hydrogen-bond acceptors (Lipinski definition) is 8. The number of thiazole rings is 1. The first kappa shape index (κ1) is 25.5. The van der Waals surface area contributed by atoms with Gasteiger partial charge in [0.05, 0.1) is 23.4 Å². The fourth-order valence-corrected chi connectivity index (χ4v) is 4.66. The van der Waals surface area contributed by atoms with Gasteiger partial charge in [0.2, 0.25) is 0 Å². The molecule has 0 aliphatic rings. The number of benzene rings is 2. The summed E-state index contributed by atoms with van der Waals surface area (Å²) in [5, 5.41) is 11.8. The van der Waals surface area contributed by atoms with Gasteiger partial charge in [-0.15, -0.1) is 11.8 Å². The van der Waals surface area contributed by atoms with E-state index in [0.29, 0.717) is 29.0 Å². The summed E-state index contributed by atoms with van der Waals surface area (Å²) in [7, 11) is 1.56. The Hall–Kier alpha value is -3.15. The number of carbonyl (C=O) groups excluding carboxylic acids is 1. The fraction of sp³-hybridized carbons (Fsp3) is 0.261. The van der Waals surface area contributed by atoms with Crippen LogP contribution in [0.1, 0.15) is 23.7 Å². The van der Waals surface area contributed by atoms with Crippen LogP contribution in [0.15, 0.2) is 52.9 Å². The van der Waals surface area contributed by atoms with Gasteiger partial charge in [0.1, 0.15) is 29.2 Å². The van der Waals surface area contributed by atoms with Gasteiger partial charge in [0, 0.05) is 30.6 Å². The largest absolute Gasteiger partial charge is 0.488 e. The number of carbonyl (C=O) groups is 2. The number of anilines is 1. The second kappa shape index (κ2) is 12.4. The van der Waals surface area contributed by atoms with Gasteiger partial charge in [-0.05, 0) is 31.2 Å². The van der Waals surface area contributed by atoms with Crippen LogP contribution in [-0.4, -0.2) is 47.5 Å². The van der Waals surface area contributed by atoms with E-state index >= 15 is 0 Å². The Morgan fingerprint density at radius 1 is 1.21 bits per heavy atom. The summed E-state index contributed by atoms with van der Waals surface area (Å²) in [6, 6.07) is 10.4. The molecule has 0 aliphatic heterocycles. The lowest BCUT2D eigenvalue weighted by Crippen LogP contribution is -2.18. The number of aromatic nitrogens is 1. The maximum absolute atomic E-state index is 13.6. The van der Waals surface area contributed by atoms with E-state index in [0.717, 1.165) is 4.21 Å². The average Bonchev–Trinajstić information content (AvgIpc) is 3.20. The van der Waals surface area contributed by atoms with Crippen molar-refractivity contribution in [3.63, 3.8) is 0 Å². The number of thioether (sulfide) groups is 1. The fourth-order valence-electron chi connectivity index (χ4n) is 2.79. The van der Waals surface area contributed by atoms with Crippen LogP contribution in [0.25, 0.3) is 0 Å². The Kier molecular flexibility index (Phi) is 9.25. The third-order valence-electron chi connectivity index (χ3n) is 4.18. The monoisotopic (exact) mass is 506 g/mol. The van der Waals surface area contributed by atoms with Gasteiger partial charge < -0.3 is 19.3 Å². The highest BCUT2D eigenvalue weighted by Gasteiger charge is 2.15. The molecule has 180 valence electrons. The van der Waals surface area contributed by atoms with Crippen LogP contribution in [0.3, 0.4) is 0 Å². The smallest absolute Gasteiger partial charge is 0.304 e. The van der Waals surface area contributed by atoms with Crippen LogP contribution in [0, 0.1) is 5.82 Å². The van der Waals surface area contributed by atoms with Crippen LogP contribution in [0.2, 0.25) is 0 Å². The first-order valence-corrected chi connectivity index (χ1v) is 12.0. The van der Waals surface area contributed by atoms with Crippen LogP contribution >= 0.6 is 23.1 Å². The SMILES string of the molecule is COC[C@H](C)Oc1cc(Oc2cccc(F)c2)cc(C(=O)Nc2ncc(SCCC(=O)O)s2)c1. The van der Waals surface area contributed by atoms with Crippen molar-refractivity contribution in [3.05, 3.63) is 60.0 Å². The highest BCUT2D eigenvalue weighted by molar-refractivity contribution is 8.01. The van der Waals surface area contributed by atoms with Crippen LogP contribution in [0.5, 0.6) is 17.2 Å². The normalized spacial score (nSPS) is 11.6. The molecule has 0 saturated carbocycles. The molecule has 0 unspecified atom stereocenters. The predicted octanol–water partition coefficient (Wildman–Crippen LogP) is 5.31. The zero-order chi connectivity index (χ0) is 24.5. The van der Waals surface area contributed by atoms with Crippen LogP contribution < -0.4 is 14.8 Å². The van der Waals surface area contributed by atoms with Gasteiger partial charge in [-0.2, -0.15) is 0 Å². The van der Waals surface area contributed by atoms with Gasteiger partial charge in [0.25, 0.3) is 5.91 Å². The minimum atomic E-state index is -0.872. The van der Waals surface area contributed by atoms with Gasteiger partial charge in [-0.3, -0.25) is 14.9 Å². The molecule has 3 aromatic rings. The number of carboxylic acids is 1. The summed E-state index contributed by atoms with van der Waals surface area (Å²) in [5.41, 5.74) is 0.254. The molecule has 8 nitrogen and oxygen atoms in total. The Balaban J connectivity index is 1.77. The summed E-state index contributed by atoms with van der Waals surface area (Å²) in [6.07, 6.45) is 1.33. The quantitative estimate of drug-likeness (QED) is 0.319. The maximum atomic E-state index is 13.6. The Bertz CT molecular complexity index is 1140. The first-order chi connectivity index (χ1) is 16.3. The van der Waals surface area contributed by atoms with Crippen molar-refractivity contribution in [1.29, 1.82) is 0 Å². The van der Waals surface area contributed by atoms with E-state index in [1.165, 1.54) is 47.4 Å². The average molecular weight is 507 g/mol. The molecule has 0 saturated heterocycles. The number of nitrogens with one attached hydrogen (secondary N) is 1. The van der Waals surface area contributed by atoms with Crippen LogP contribution in [0.4, 0.5) is 9.52 Å². The van der Waals surface area contributed by atoms with Gasteiger partial charge >= 0.3 is 5.97 Å². The van der Waals surface area contributed by atoms with E-state index in [-0.39, 0.29) is 23.8 Å². The van der Waals surface area contributed by atoms with Gasteiger partial charge in [0.15, 0.2) is 5.13 Å². The molecule has 0 aliphatic carbocycles. The third-order valence-corrected chi connectivity index (χ3v) is 6.29. The first-order valence-electron chi connectivity index (χ1n) is 10.2. The molecule has 34 heavy (non-hydrogen) atoms. The lowest BCUT2D eigenvalue weighted by Gasteiger charge is -2.16. The Labute approximate surface area is 204 Å². The summed E-state index contributed by atoms with van der Waals surface area (Å²) in [4.78, 5) is 27.8. The topological polar surface area (TPSA) is 107 Å². The molecule has 2 N–H and O–H groups in total. The molecule has 1 amide bonds. The zero-order valence-corrected chi connectivity index (χ0v) is 20.1. The minimum absolute atomic E-state index is 0.0344. The number of hydrogen-bond donors (Lipinski definition) is 2. The number of rotatable bonds is 12. The van der Waals surface area contributed by atoms with Gasteiger partial charge in [-0.25, -0.2) is 9.37 Å². The van der Waals surface area contributed by atoms with Crippen molar-refractivity contribution >= 4 is 40.1 Å². The lowest BCUT2D eigenvalue weighted by atomic mass is 10.2. The van der Waals surface area contributed by atoms with Gasteiger partial charge in [-0.1, -0.05) is 17.4 Å². The highest BCUT2D eigenvalue weighted by atomic mass is 32.2. The Morgan fingerprint density at radius 2 is 2.00 bits per heavy atom. The van der Waals surface area contributed by atoms with E-state index in [2.05, 4.69) is 10.3 Å². The summed E-state index contributed by atoms with van der Waals surface area (Å²) in [5.74, 6) is -0.400. The highest BCUT2D eigenvalue weighted by Crippen LogP contribution is 2.31. The molecule has 1 heterocycles. The third kappa shape index (κ3) is 8.01. The molecular formula is C23H23FN2O6S2. The second-order valence-electron chi connectivity index (χ2n) is 7.07. The van der Waals surface area contributed by atoms with Crippen molar-refractivity contribution in [3.8, 4) is 17.2 Å². The number of aliphatic carboxylic acids is 1. The molecular weight excluding hydrogens is 483 g/mol. The molecule has 3 rings (SSSR count). The van der Waals surface area contributed by atoms with E-state index < -0.39 is 17.7 Å². The van der Waals surface area contributed by atoms with Crippen molar-refractivity contribution in [2.45, 2.75) is 23.7 Å². The number of ether oxygens (including phenoxy) is 3. The van der Waals surface area contributed by atoms with E-state index in [1.54, 1.807) is 31.5 Å². The zero-order valence-electron chi connectivity index (χ0n) is 18.4. The summed E-state index contributed by atoms with van der Waals surface area (Å²) >= 11 is 2.60. The molecule has 0 fully saturated rings. The van der Waals surface area contributed by atoms with Crippen LogP contribution in [-0.2, 0) is 9.53 Å². The summed E-state index contributed by atoms with van der Waals surface area (Å²) in [6.45, 7) is 2.17. The number of methoxy groups -OCH3 is 1. The van der Waals surface area contributed by atoms with Crippen molar-refractivity contribution in [1.82, 2.24) is 4.98 Å². The maximum Gasteiger partial charge on any atom is 0.304 e. The number of halogens is 1. The Morgan fingerprint density at radius 3 is 2.74 bits per heavy atom. The second-order valence-corrected chi connectivity index (χ2v) is 9.49. The van der Waals surface area contributed by atoms with E-state index in [9.17, 15) is 14.0 Å². The van der Waals surface area contributed by atoms with Crippen molar-refractivity contribution in [2.75, 3.05) is 24.8 Å². The molecule has 1 atom stereocenters. The number of carboxylic acid groups (broad SMARTS) is 1. The molecule has 1 aromatic heterocycles. The molecule has 0 radical (unpaired) electrons. The van der Waals surface area contributed by atoms with Crippen molar-refractivity contribution < 1.29 is 33.3 Å². The molecule has 11 heteroatoms. The molecule has 0 spiro atoms. The van der Waals surface area contributed by atoms with Crippen molar-refractivity contribution in [2.24, 2.45) is 0 Å². The number of amides is 1. The van der Waals surface area contributed by atoms with E-state index in [1.807, 2.05) is 6.92 Å². The predicted molar refractivity (Wildman–Crippen MR) is 128 cm³/mol. The molecule has 2 aromatic carbocycles. The molecule has 0 bridgehead atoms. The standard InChI is InChI=1S/C23H23FN2O6S2/c1-14(13-30-2)31-18-8-15(9-19(11-18)32-17-5-3-4-16(24)10-17)22(29)26-23-25-12-21(34-23)33-7-6-20(27)28/h3-5,8-12,14H,6-7,13H2,1-2H3,(H,27,28)(H,25,26,29)/t14-/m0/s1. The lowest BCUT2D eigenvalue weighted by molar-refractivity contribution is -0.136. The number of nitrogens with zero attached hydrogens (tertiary/aromatic N) is 1. The minimum Gasteiger partial charge on any atom is -0.488 e. The van der Waals surface area contributed by atoms with E-state index in [4.69, 9.17) is 19.3 Å².